The van der Waals surface area contributed by atoms with E-state index in [9.17, 15) is 4.79 Å². The number of nitrogens with one attached hydrogen (secondary N) is 1. The predicted octanol–water partition coefficient (Wildman–Crippen LogP) is 1.60. The number of hydrogen-bond donors (Lipinski definition) is 1. The molecule has 0 radical (unpaired) electrons. The SMILES string of the molecule is CC(=O)Nc1nc2ccc(Cl)nc2n1CCN(C)C. The van der Waals surface area contributed by atoms with Gasteiger partial charge in [0.2, 0.25) is 11.9 Å². The minimum atomic E-state index is -0.160. The molecule has 0 saturated carbocycles. The van der Waals surface area contributed by atoms with Crippen LogP contribution >= 0.6 is 11.6 Å². The second-order valence-corrected chi connectivity index (χ2v) is 4.94. The molecular formula is C12H16ClN5O. The van der Waals surface area contributed by atoms with Crippen LogP contribution < -0.4 is 5.32 Å². The van der Waals surface area contributed by atoms with Crippen molar-refractivity contribution in [3.8, 4) is 0 Å². The van der Waals surface area contributed by atoms with Gasteiger partial charge in [-0.25, -0.2) is 9.97 Å². The first kappa shape index (κ1) is 13.8. The maximum atomic E-state index is 11.2. The van der Waals surface area contributed by atoms with Crippen molar-refractivity contribution in [2.24, 2.45) is 0 Å². The van der Waals surface area contributed by atoms with Crippen LogP contribution in [0.5, 0.6) is 0 Å². The van der Waals surface area contributed by atoms with Crippen molar-refractivity contribution in [2.75, 3.05) is 26.0 Å². The minimum absolute atomic E-state index is 0.160. The molecule has 19 heavy (non-hydrogen) atoms. The molecule has 0 aliphatic carbocycles. The van der Waals surface area contributed by atoms with Crippen LogP contribution in [0.25, 0.3) is 11.2 Å². The van der Waals surface area contributed by atoms with Crippen molar-refractivity contribution in [2.45, 2.75) is 13.5 Å². The number of aromatic nitrogens is 3. The van der Waals surface area contributed by atoms with Gasteiger partial charge >= 0.3 is 0 Å². The summed E-state index contributed by atoms with van der Waals surface area (Å²) in [5.74, 6) is 0.339. The highest BCUT2D eigenvalue weighted by Gasteiger charge is 2.13. The maximum Gasteiger partial charge on any atom is 0.223 e. The zero-order valence-corrected chi connectivity index (χ0v) is 11.9. The predicted molar refractivity (Wildman–Crippen MR) is 75.4 cm³/mol. The molecule has 2 heterocycles. The van der Waals surface area contributed by atoms with Crippen LogP contribution in [0.3, 0.4) is 0 Å². The molecule has 0 aliphatic rings. The summed E-state index contributed by atoms with van der Waals surface area (Å²) in [4.78, 5) is 21.9. The third kappa shape index (κ3) is 3.21. The van der Waals surface area contributed by atoms with Gasteiger partial charge in [-0.2, -0.15) is 0 Å². The lowest BCUT2D eigenvalue weighted by Gasteiger charge is -2.12. The summed E-state index contributed by atoms with van der Waals surface area (Å²) < 4.78 is 1.86. The monoisotopic (exact) mass is 281 g/mol. The highest BCUT2D eigenvalue weighted by molar-refractivity contribution is 6.29. The highest BCUT2D eigenvalue weighted by atomic mass is 35.5. The Balaban J connectivity index is 2.46. The van der Waals surface area contributed by atoms with E-state index >= 15 is 0 Å². The Morgan fingerprint density at radius 2 is 2.16 bits per heavy atom. The standard InChI is InChI=1S/C12H16ClN5O/c1-8(19)14-12-15-9-4-5-10(13)16-11(9)18(12)7-6-17(2)3/h4-5H,6-7H2,1-3H3,(H,14,15,19). The average Bonchev–Trinajstić information content (AvgIpc) is 2.62. The van der Waals surface area contributed by atoms with Crippen LogP contribution in [-0.4, -0.2) is 46.0 Å². The van der Waals surface area contributed by atoms with Gasteiger partial charge in [0.1, 0.15) is 10.7 Å². The molecule has 6 nitrogen and oxygen atoms in total. The molecule has 0 aliphatic heterocycles. The Bertz CT molecular complexity index is 607. The molecule has 0 bridgehead atoms. The number of halogens is 1. The third-order valence-electron chi connectivity index (χ3n) is 2.62. The number of anilines is 1. The molecule has 7 heteroatoms. The molecule has 0 spiro atoms. The fourth-order valence-electron chi connectivity index (χ4n) is 1.74. The number of hydrogen-bond acceptors (Lipinski definition) is 4. The molecule has 0 fully saturated rings. The summed E-state index contributed by atoms with van der Waals surface area (Å²) >= 11 is 5.92. The summed E-state index contributed by atoms with van der Waals surface area (Å²) in [5, 5.41) is 3.13. The fourth-order valence-corrected chi connectivity index (χ4v) is 1.89. The van der Waals surface area contributed by atoms with E-state index in [0.717, 1.165) is 6.54 Å². The van der Waals surface area contributed by atoms with Gasteiger partial charge in [0.05, 0.1) is 0 Å². The number of rotatable bonds is 4. The molecule has 0 atom stereocenters. The molecule has 1 amide bonds. The first-order chi connectivity index (χ1) is 8.97. The van der Waals surface area contributed by atoms with Gasteiger partial charge in [0.15, 0.2) is 5.65 Å². The fraction of sp³-hybridized carbons (Fsp3) is 0.417. The summed E-state index contributed by atoms with van der Waals surface area (Å²) in [6, 6.07) is 3.48. The van der Waals surface area contributed by atoms with E-state index in [1.807, 2.05) is 23.6 Å². The number of carbonyl (C=O) groups is 1. The Labute approximate surface area is 116 Å². The van der Waals surface area contributed by atoms with Gasteiger partial charge in [-0.15, -0.1) is 0 Å². The first-order valence-corrected chi connectivity index (χ1v) is 6.30. The molecule has 2 aromatic heterocycles. The van der Waals surface area contributed by atoms with E-state index < -0.39 is 0 Å². The maximum absolute atomic E-state index is 11.2. The van der Waals surface area contributed by atoms with E-state index in [1.165, 1.54) is 6.92 Å². The smallest absolute Gasteiger partial charge is 0.223 e. The van der Waals surface area contributed by atoms with Crippen LogP contribution in [0.1, 0.15) is 6.92 Å². The lowest BCUT2D eigenvalue weighted by molar-refractivity contribution is -0.114. The number of nitrogens with zero attached hydrogens (tertiary/aromatic N) is 4. The Hall–Kier alpha value is -1.66. The third-order valence-corrected chi connectivity index (χ3v) is 2.83. The van der Waals surface area contributed by atoms with Crippen LogP contribution in [0, 0.1) is 0 Å². The number of imidazole rings is 1. The molecule has 0 unspecified atom stereocenters. The second-order valence-electron chi connectivity index (χ2n) is 4.55. The van der Waals surface area contributed by atoms with Crippen molar-refractivity contribution < 1.29 is 4.79 Å². The normalized spacial score (nSPS) is 11.2. The van der Waals surface area contributed by atoms with Crippen molar-refractivity contribution in [3.05, 3.63) is 17.3 Å². The van der Waals surface area contributed by atoms with E-state index in [4.69, 9.17) is 11.6 Å². The number of likely N-dealkylation sites (N-methyl/N-ethyl adjacent to an activating group) is 1. The van der Waals surface area contributed by atoms with E-state index in [1.54, 1.807) is 12.1 Å². The van der Waals surface area contributed by atoms with E-state index in [2.05, 4.69) is 15.3 Å². The second kappa shape index (κ2) is 5.54. The van der Waals surface area contributed by atoms with Crippen molar-refractivity contribution in [1.82, 2.24) is 19.4 Å². The minimum Gasteiger partial charge on any atom is -0.308 e. The largest absolute Gasteiger partial charge is 0.308 e. The number of pyridine rings is 1. The van der Waals surface area contributed by atoms with Crippen molar-refractivity contribution in [1.29, 1.82) is 0 Å². The quantitative estimate of drug-likeness (QED) is 0.865. The topological polar surface area (TPSA) is 63.1 Å². The lowest BCUT2D eigenvalue weighted by Crippen LogP contribution is -2.20. The molecule has 0 aromatic carbocycles. The van der Waals surface area contributed by atoms with Gasteiger partial charge in [-0.05, 0) is 26.2 Å². The molecule has 0 saturated heterocycles. The summed E-state index contributed by atoms with van der Waals surface area (Å²) in [7, 11) is 3.97. The van der Waals surface area contributed by atoms with Crippen LogP contribution in [0.15, 0.2) is 12.1 Å². The zero-order chi connectivity index (χ0) is 14.0. The molecule has 2 aromatic rings. The Morgan fingerprint density at radius 3 is 2.79 bits per heavy atom. The van der Waals surface area contributed by atoms with Crippen LogP contribution in [0.2, 0.25) is 5.15 Å². The van der Waals surface area contributed by atoms with Gasteiger partial charge in [-0.3, -0.25) is 14.7 Å². The van der Waals surface area contributed by atoms with E-state index in [0.29, 0.717) is 28.8 Å². The summed E-state index contributed by atoms with van der Waals surface area (Å²) in [6.45, 7) is 2.94. The van der Waals surface area contributed by atoms with Gasteiger partial charge < -0.3 is 4.90 Å². The number of carbonyl (C=O) groups excluding carboxylic acids is 1. The molecule has 1 N–H and O–H groups in total. The van der Waals surface area contributed by atoms with Gasteiger partial charge in [-0.1, -0.05) is 11.6 Å². The van der Waals surface area contributed by atoms with Crippen molar-refractivity contribution >= 4 is 34.6 Å². The number of amides is 1. The highest BCUT2D eigenvalue weighted by Crippen LogP contribution is 2.20. The number of fused-ring (bicyclic) bond motifs is 1. The molecule has 2 rings (SSSR count). The Kier molecular flexibility index (Phi) is 4.01. The average molecular weight is 282 g/mol. The Morgan fingerprint density at radius 1 is 1.42 bits per heavy atom. The lowest BCUT2D eigenvalue weighted by atomic mass is 10.4. The molecule has 102 valence electrons. The molecular weight excluding hydrogens is 266 g/mol. The summed E-state index contributed by atoms with van der Waals surface area (Å²) in [5.41, 5.74) is 1.39. The van der Waals surface area contributed by atoms with E-state index in [-0.39, 0.29) is 5.91 Å². The summed E-state index contributed by atoms with van der Waals surface area (Å²) in [6.07, 6.45) is 0. The van der Waals surface area contributed by atoms with Gasteiger partial charge in [0.25, 0.3) is 0 Å². The zero-order valence-electron chi connectivity index (χ0n) is 11.1. The first-order valence-electron chi connectivity index (χ1n) is 5.92. The van der Waals surface area contributed by atoms with Gasteiger partial charge in [0, 0.05) is 20.0 Å². The van der Waals surface area contributed by atoms with Crippen molar-refractivity contribution in [3.63, 3.8) is 0 Å². The van der Waals surface area contributed by atoms with Crippen LogP contribution in [-0.2, 0) is 11.3 Å². The van der Waals surface area contributed by atoms with Crippen LogP contribution in [0.4, 0.5) is 5.95 Å².